The predicted molar refractivity (Wildman–Crippen MR) is 114 cm³/mol. The van der Waals surface area contributed by atoms with Crippen molar-refractivity contribution in [1.29, 1.82) is 0 Å². The van der Waals surface area contributed by atoms with Gasteiger partial charge >= 0.3 is 0 Å². The number of carbonyl (C=O) groups is 3. The number of carbonyl (C=O) groups excluding carboxylic acids is 3. The van der Waals surface area contributed by atoms with Crippen LogP contribution < -0.4 is 5.32 Å². The highest BCUT2D eigenvalue weighted by atomic mass is 32.2. The van der Waals surface area contributed by atoms with E-state index >= 15 is 0 Å². The zero-order valence-corrected chi connectivity index (χ0v) is 17.3. The summed E-state index contributed by atoms with van der Waals surface area (Å²) in [6.07, 6.45) is 7.51. The largest absolute Gasteiger partial charge is 0.322 e. The molecule has 4 rings (SSSR count). The molecule has 2 fully saturated rings. The third kappa shape index (κ3) is 3.75. The Balaban J connectivity index is 1.61. The second kappa shape index (κ2) is 8.53. The monoisotopic (exact) mass is 411 g/mol. The molecule has 0 spiro atoms. The molecule has 152 valence electrons. The normalized spacial score (nSPS) is 22.6. The van der Waals surface area contributed by atoms with E-state index in [-0.39, 0.29) is 29.6 Å². The minimum Gasteiger partial charge on any atom is -0.322 e. The second-order valence-electron chi connectivity index (χ2n) is 7.71. The summed E-state index contributed by atoms with van der Waals surface area (Å²) in [5.74, 6) is -0.468. The van der Waals surface area contributed by atoms with Crippen LogP contribution in [0.4, 0.5) is 5.69 Å². The van der Waals surface area contributed by atoms with E-state index in [4.69, 9.17) is 0 Å². The highest BCUT2D eigenvalue weighted by Gasteiger charge is 2.51. The average molecular weight is 412 g/mol. The van der Waals surface area contributed by atoms with Crippen molar-refractivity contribution in [3.05, 3.63) is 36.5 Å². The standard InChI is InChI=1S/C22H25N3O3S/c1-29-13-11-18(25-21(27)15-8-2-3-9-16(15)22(25)28)20(26)24-17-10-4-6-14-7-5-12-23-19(14)17/h4-7,10,12,15-16,18H,2-3,8-9,11,13H2,1H3,(H,24,26)/t15-,16-,18+/m0/s1. The van der Waals surface area contributed by atoms with Crippen LogP contribution in [-0.4, -0.2) is 45.7 Å². The lowest BCUT2D eigenvalue weighted by Crippen LogP contribution is -2.48. The first kappa shape index (κ1) is 19.9. The Labute approximate surface area is 174 Å². The molecule has 3 amide bonds. The molecular formula is C22H25N3O3S. The van der Waals surface area contributed by atoms with Crippen LogP contribution in [0.3, 0.4) is 0 Å². The molecule has 0 bridgehead atoms. The van der Waals surface area contributed by atoms with Gasteiger partial charge in [-0.3, -0.25) is 24.3 Å². The van der Waals surface area contributed by atoms with Gasteiger partial charge in [0.25, 0.3) is 0 Å². The predicted octanol–water partition coefficient (Wildman–Crippen LogP) is 3.47. The van der Waals surface area contributed by atoms with Gasteiger partial charge in [-0.05, 0) is 43.4 Å². The van der Waals surface area contributed by atoms with Crippen LogP contribution in [0, 0.1) is 11.8 Å². The lowest BCUT2D eigenvalue weighted by atomic mass is 9.81. The van der Waals surface area contributed by atoms with Crippen LogP contribution in [0.1, 0.15) is 32.1 Å². The third-order valence-corrected chi connectivity index (χ3v) is 6.62. The Bertz CT molecular complexity index is 919. The SMILES string of the molecule is CSCC[C@H](C(=O)Nc1cccc2cccnc12)N1C(=O)[C@H]2CCCC[C@@H]2C1=O. The van der Waals surface area contributed by atoms with Crippen LogP contribution in [0.5, 0.6) is 0 Å². The van der Waals surface area contributed by atoms with Gasteiger partial charge in [-0.25, -0.2) is 0 Å². The molecule has 1 aromatic carbocycles. The second-order valence-corrected chi connectivity index (χ2v) is 8.70. The van der Waals surface area contributed by atoms with Crippen LogP contribution in [0.15, 0.2) is 36.5 Å². The third-order valence-electron chi connectivity index (χ3n) is 5.98. The van der Waals surface area contributed by atoms with Crippen molar-refractivity contribution in [2.45, 2.75) is 38.1 Å². The van der Waals surface area contributed by atoms with E-state index in [1.165, 1.54) is 4.90 Å². The van der Waals surface area contributed by atoms with Gasteiger partial charge in [0.05, 0.1) is 23.0 Å². The summed E-state index contributed by atoms with van der Waals surface area (Å²) in [6, 6.07) is 8.58. The number of likely N-dealkylation sites (tertiary alicyclic amines) is 1. The summed E-state index contributed by atoms with van der Waals surface area (Å²) in [5, 5.41) is 3.86. The molecule has 1 aromatic heterocycles. The summed E-state index contributed by atoms with van der Waals surface area (Å²) in [5.41, 5.74) is 1.29. The summed E-state index contributed by atoms with van der Waals surface area (Å²) < 4.78 is 0. The molecular weight excluding hydrogens is 386 g/mol. The zero-order chi connectivity index (χ0) is 20.4. The van der Waals surface area contributed by atoms with Gasteiger partial charge in [-0.2, -0.15) is 11.8 Å². The maximum atomic E-state index is 13.3. The molecule has 6 nitrogen and oxygen atoms in total. The smallest absolute Gasteiger partial charge is 0.247 e. The molecule has 1 aliphatic heterocycles. The summed E-state index contributed by atoms with van der Waals surface area (Å²) in [6.45, 7) is 0. The van der Waals surface area contributed by atoms with Crippen LogP contribution in [0.25, 0.3) is 10.9 Å². The van der Waals surface area contributed by atoms with E-state index in [0.717, 1.165) is 31.1 Å². The van der Waals surface area contributed by atoms with Gasteiger partial charge in [0.15, 0.2) is 0 Å². The molecule has 1 N–H and O–H groups in total. The number of rotatable bonds is 6. The minimum atomic E-state index is -0.785. The van der Waals surface area contributed by atoms with Crippen LogP contribution >= 0.6 is 11.8 Å². The number of thioether (sulfide) groups is 1. The number of benzene rings is 1. The zero-order valence-electron chi connectivity index (χ0n) is 16.5. The fourth-order valence-electron chi connectivity index (χ4n) is 4.52. The first-order chi connectivity index (χ1) is 14.1. The Morgan fingerprint density at radius 2 is 1.86 bits per heavy atom. The molecule has 0 radical (unpaired) electrons. The Kier molecular flexibility index (Phi) is 5.85. The van der Waals surface area contributed by atoms with Gasteiger partial charge in [0.1, 0.15) is 6.04 Å². The van der Waals surface area contributed by atoms with Crippen molar-refractivity contribution < 1.29 is 14.4 Å². The first-order valence-corrected chi connectivity index (χ1v) is 11.5. The Morgan fingerprint density at radius 1 is 1.17 bits per heavy atom. The highest BCUT2D eigenvalue weighted by Crippen LogP contribution is 2.39. The lowest BCUT2D eigenvalue weighted by molar-refractivity contribution is -0.146. The molecule has 2 aromatic rings. The van der Waals surface area contributed by atoms with E-state index in [0.29, 0.717) is 23.4 Å². The molecule has 3 atom stereocenters. The number of nitrogens with one attached hydrogen (secondary N) is 1. The fourth-order valence-corrected chi connectivity index (χ4v) is 4.98. The number of amides is 3. The summed E-state index contributed by atoms with van der Waals surface area (Å²) in [7, 11) is 0. The fraction of sp³-hybridized carbons (Fsp3) is 0.455. The van der Waals surface area contributed by atoms with Gasteiger partial charge in [0, 0.05) is 11.6 Å². The van der Waals surface area contributed by atoms with Crippen molar-refractivity contribution in [3.63, 3.8) is 0 Å². The van der Waals surface area contributed by atoms with Gasteiger partial charge in [-0.1, -0.05) is 31.0 Å². The highest BCUT2D eigenvalue weighted by molar-refractivity contribution is 7.98. The minimum absolute atomic E-state index is 0.169. The number of pyridine rings is 1. The molecule has 2 aliphatic rings. The topological polar surface area (TPSA) is 79.4 Å². The van der Waals surface area contributed by atoms with Crippen LogP contribution in [-0.2, 0) is 14.4 Å². The number of fused-ring (bicyclic) bond motifs is 2. The number of para-hydroxylation sites is 1. The Hall–Kier alpha value is -2.41. The van der Waals surface area contributed by atoms with E-state index < -0.39 is 6.04 Å². The number of aromatic nitrogens is 1. The number of nitrogens with zero attached hydrogens (tertiary/aromatic N) is 2. The average Bonchev–Trinajstić information content (AvgIpc) is 3.00. The van der Waals surface area contributed by atoms with E-state index in [1.807, 2.05) is 30.5 Å². The molecule has 2 heterocycles. The quantitative estimate of drug-likeness (QED) is 0.737. The maximum absolute atomic E-state index is 13.3. The van der Waals surface area contributed by atoms with Gasteiger partial charge in [0.2, 0.25) is 17.7 Å². The molecule has 29 heavy (non-hydrogen) atoms. The van der Waals surface area contributed by atoms with Gasteiger partial charge in [-0.15, -0.1) is 0 Å². The molecule has 1 aliphatic carbocycles. The van der Waals surface area contributed by atoms with Crippen molar-refractivity contribution in [1.82, 2.24) is 9.88 Å². The number of anilines is 1. The number of imide groups is 1. The van der Waals surface area contributed by atoms with Crippen molar-refractivity contribution >= 4 is 46.1 Å². The maximum Gasteiger partial charge on any atom is 0.247 e. The van der Waals surface area contributed by atoms with Crippen LogP contribution in [0.2, 0.25) is 0 Å². The molecule has 7 heteroatoms. The number of hydrogen-bond acceptors (Lipinski definition) is 5. The van der Waals surface area contributed by atoms with Gasteiger partial charge < -0.3 is 5.32 Å². The molecule has 0 unspecified atom stereocenters. The molecule has 1 saturated heterocycles. The van der Waals surface area contributed by atoms with E-state index in [9.17, 15) is 14.4 Å². The molecule has 1 saturated carbocycles. The summed E-state index contributed by atoms with van der Waals surface area (Å²) >= 11 is 1.60. The summed E-state index contributed by atoms with van der Waals surface area (Å²) in [4.78, 5) is 45.0. The number of hydrogen-bond donors (Lipinski definition) is 1. The Morgan fingerprint density at radius 3 is 2.55 bits per heavy atom. The lowest BCUT2D eigenvalue weighted by Gasteiger charge is -2.26. The van der Waals surface area contributed by atoms with E-state index in [2.05, 4.69) is 10.3 Å². The van der Waals surface area contributed by atoms with E-state index in [1.54, 1.807) is 24.0 Å². The van der Waals surface area contributed by atoms with Crippen molar-refractivity contribution in [2.24, 2.45) is 11.8 Å². The first-order valence-electron chi connectivity index (χ1n) is 10.1. The van der Waals surface area contributed by atoms with Crippen molar-refractivity contribution in [2.75, 3.05) is 17.3 Å². The van der Waals surface area contributed by atoms with Crippen molar-refractivity contribution in [3.8, 4) is 0 Å².